The predicted octanol–water partition coefficient (Wildman–Crippen LogP) is 4.76. The maximum atomic E-state index is 13.1. The van der Waals surface area contributed by atoms with Crippen LogP contribution in [0.2, 0.25) is 0 Å². The van der Waals surface area contributed by atoms with Crippen molar-refractivity contribution in [1.29, 1.82) is 0 Å². The molecule has 28 heavy (non-hydrogen) atoms. The van der Waals surface area contributed by atoms with Gasteiger partial charge in [-0.3, -0.25) is 4.90 Å². The molecule has 2 saturated heterocycles. The summed E-state index contributed by atoms with van der Waals surface area (Å²) in [6.07, 6.45) is 4.28. The minimum Gasteiger partial charge on any atom is -0.335 e. The molecular formula is C23H28FN3O. The number of anilines is 1. The van der Waals surface area contributed by atoms with Crippen molar-refractivity contribution < 1.29 is 9.18 Å². The molecule has 2 bridgehead atoms. The molecular weight excluding hydrogens is 353 g/mol. The predicted molar refractivity (Wildman–Crippen MR) is 110 cm³/mol. The van der Waals surface area contributed by atoms with E-state index in [0.29, 0.717) is 12.1 Å². The van der Waals surface area contributed by atoms with Gasteiger partial charge in [-0.15, -0.1) is 0 Å². The zero-order chi connectivity index (χ0) is 19.7. The van der Waals surface area contributed by atoms with E-state index in [4.69, 9.17) is 0 Å². The number of nitrogens with one attached hydrogen (secondary N) is 2. The molecule has 5 heteroatoms. The first kappa shape index (κ1) is 18.9. The lowest BCUT2D eigenvalue weighted by atomic mass is 9.96. The minimum atomic E-state index is -0.190. The SMILES string of the molecule is Cc1cc(C)cc(NC(=O)NC2C[C@H]3CC[C@@H](C2)N3Cc2ccc(F)cc2)c1. The second-order valence-corrected chi connectivity index (χ2v) is 8.33. The molecule has 3 atom stereocenters. The normalized spacial score (nSPS) is 24.2. The highest BCUT2D eigenvalue weighted by Crippen LogP contribution is 2.36. The Morgan fingerprint density at radius 3 is 2.25 bits per heavy atom. The van der Waals surface area contributed by atoms with Crippen molar-refractivity contribution in [1.82, 2.24) is 10.2 Å². The van der Waals surface area contributed by atoms with Crippen LogP contribution in [0.15, 0.2) is 42.5 Å². The molecule has 0 aliphatic carbocycles. The van der Waals surface area contributed by atoms with Gasteiger partial charge in [0.1, 0.15) is 5.82 Å². The zero-order valence-electron chi connectivity index (χ0n) is 16.5. The van der Waals surface area contributed by atoms with Crippen LogP contribution < -0.4 is 10.6 Å². The molecule has 2 aliphatic rings. The Hall–Kier alpha value is -2.40. The number of piperidine rings is 1. The van der Waals surface area contributed by atoms with Crippen LogP contribution in [0.3, 0.4) is 0 Å². The number of amides is 2. The second-order valence-electron chi connectivity index (χ2n) is 8.33. The number of nitrogens with zero attached hydrogens (tertiary/aromatic N) is 1. The fourth-order valence-electron chi connectivity index (χ4n) is 4.85. The molecule has 2 fully saturated rings. The number of carbonyl (C=O) groups excluding carboxylic acids is 1. The van der Waals surface area contributed by atoms with Crippen LogP contribution in [0.4, 0.5) is 14.9 Å². The van der Waals surface area contributed by atoms with Gasteiger partial charge in [0.2, 0.25) is 0 Å². The van der Waals surface area contributed by atoms with Gasteiger partial charge in [0.15, 0.2) is 0 Å². The lowest BCUT2D eigenvalue weighted by Gasteiger charge is -2.39. The fraction of sp³-hybridized carbons (Fsp3) is 0.435. The lowest BCUT2D eigenvalue weighted by Crippen LogP contribution is -2.50. The van der Waals surface area contributed by atoms with Gasteiger partial charge in [0.05, 0.1) is 0 Å². The third-order valence-electron chi connectivity index (χ3n) is 5.98. The summed E-state index contributed by atoms with van der Waals surface area (Å²) in [5.41, 5.74) is 4.27. The number of hydrogen-bond donors (Lipinski definition) is 2. The molecule has 2 aromatic rings. The van der Waals surface area contributed by atoms with Crippen molar-refractivity contribution in [3.63, 3.8) is 0 Å². The third-order valence-corrected chi connectivity index (χ3v) is 5.98. The molecule has 2 heterocycles. The monoisotopic (exact) mass is 381 g/mol. The second kappa shape index (κ2) is 7.92. The van der Waals surface area contributed by atoms with Gasteiger partial charge in [0, 0.05) is 30.4 Å². The fourth-order valence-corrected chi connectivity index (χ4v) is 4.85. The number of aryl methyl sites for hydroxylation is 2. The summed E-state index contributed by atoms with van der Waals surface area (Å²) < 4.78 is 13.1. The first-order chi connectivity index (χ1) is 13.5. The molecule has 4 rings (SSSR count). The highest BCUT2D eigenvalue weighted by atomic mass is 19.1. The van der Waals surface area contributed by atoms with E-state index in [2.05, 4.69) is 21.6 Å². The largest absolute Gasteiger partial charge is 0.335 e. The standard InChI is InChI=1S/C23H28FN3O/c1-15-9-16(2)11-19(10-15)25-23(28)26-20-12-21-7-8-22(13-20)27(21)14-17-3-5-18(24)6-4-17/h3-6,9-11,20-22H,7-8,12-14H2,1-2H3,(H2,25,26,28)/t20?,21-,22+. The first-order valence-corrected chi connectivity index (χ1v) is 10.1. The van der Waals surface area contributed by atoms with Gasteiger partial charge in [-0.05, 0) is 80.5 Å². The van der Waals surface area contributed by atoms with Crippen LogP contribution in [-0.4, -0.2) is 29.1 Å². The van der Waals surface area contributed by atoms with E-state index in [1.54, 1.807) is 0 Å². The molecule has 148 valence electrons. The lowest BCUT2D eigenvalue weighted by molar-refractivity contribution is 0.112. The number of fused-ring (bicyclic) bond motifs is 2. The van der Waals surface area contributed by atoms with Gasteiger partial charge >= 0.3 is 6.03 Å². The minimum absolute atomic E-state index is 0.124. The summed E-state index contributed by atoms with van der Waals surface area (Å²) in [7, 11) is 0. The van der Waals surface area contributed by atoms with Crippen molar-refractivity contribution >= 4 is 11.7 Å². The summed E-state index contributed by atoms with van der Waals surface area (Å²) >= 11 is 0. The summed E-state index contributed by atoms with van der Waals surface area (Å²) in [5.74, 6) is -0.190. The van der Waals surface area contributed by atoms with Gasteiger partial charge in [-0.1, -0.05) is 18.2 Å². The van der Waals surface area contributed by atoms with Crippen molar-refractivity contribution in [2.75, 3.05) is 5.32 Å². The smallest absolute Gasteiger partial charge is 0.319 e. The van der Waals surface area contributed by atoms with Crippen molar-refractivity contribution in [3.05, 3.63) is 65.0 Å². The molecule has 2 amide bonds. The third kappa shape index (κ3) is 4.36. The molecule has 1 unspecified atom stereocenters. The van der Waals surface area contributed by atoms with Crippen molar-refractivity contribution in [3.8, 4) is 0 Å². The molecule has 0 saturated carbocycles. The molecule has 0 aromatic heterocycles. The van der Waals surface area contributed by atoms with E-state index in [-0.39, 0.29) is 17.9 Å². The van der Waals surface area contributed by atoms with Gasteiger partial charge in [-0.2, -0.15) is 0 Å². The summed E-state index contributed by atoms with van der Waals surface area (Å²) in [6, 6.07) is 13.9. The molecule has 2 aromatic carbocycles. The summed E-state index contributed by atoms with van der Waals surface area (Å²) in [5, 5.41) is 6.15. The van der Waals surface area contributed by atoms with Crippen LogP contribution in [0.25, 0.3) is 0 Å². The van der Waals surface area contributed by atoms with Crippen molar-refractivity contribution in [2.24, 2.45) is 0 Å². The molecule has 0 radical (unpaired) electrons. The van der Waals surface area contributed by atoms with E-state index in [1.165, 1.54) is 25.0 Å². The van der Waals surface area contributed by atoms with E-state index in [9.17, 15) is 9.18 Å². The Morgan fingerprint density at radius 1 is 1.04 bits per heavy atom. The van der Waals surface area contributed by atoms with Gasteiger partial charge in [-0.25, -0.2) is 9.18 Å². The quantitative estimate of drug-likeness (QED) is 0.802. The Balaban J connectivity index is 1.33. The number of benzene rings is 2. The molecule has 0 spiro atoms. The van der Waals surface area contributed by atoms with Crippen LogP contribution >= 0.6 is 0 Å². The van der Waals surface area contributed by atoms with E-state index < -0.39 is 0 Å². The highest BCUT2D eigenvalue weighted by Gasteiger charge is 2.40. The van der Waals surface area contributed by atoms with E-state index >= 15 is 0 Å². The number of hydrogen-bond acceptors (Lipinski definition) is 2. The van der Waals surface area contributed by atoms with Crippen LogP contribution in [0.1, 0.15) is 42.4 Å². The maximum Gasteiger partial charge on any atom is 0.319 e. The summed E-state index contributed by atoms with van der Waals surface area (Å²) in [6.45, 7) is 4.92. The average Bonchev–Trinajstić information content (AvgIpc) is 2.84. The Kier molecular flexibility index (Phi) is 5.36. The van der Waals surface area contributed by atoms with Crippen molar-refractivity contribution in [2.45, 2.75) is 64.2 Å². The van der Waals surface area contributed by atoms with E-state index in [1.807, 2.05) is 38.1 Å². The van der Waals surface area contributed by atoms with Gasteiger partial charge in [0.25, 0.3) is 0 Å². The zero-order valence-corrected chi connectivity index (χ0v) is 16.5. The topological polar surface area (TPSA) is 44.4 Å². The van der Waals surface area contributed by atoms with Crippen LogP contribution in [-0.2, 0) is 6.54 Å². The Labute approximate surface area is 166 Å². The Bertz CT molecular complexity index is 817. The average molecular weight is 381 g/mol. The summed E-state index contributed by atoms with van der Waals surface area (Å²) in [4.78, 5) is 15.0. The van der Waals surface area contributed by atoms with Gasteiger partial charge < -0.3 is 10.6 Å². The molecule has 4 nitrogen and oxygen atoms in total. The van der Waals surface area contributed by atoms with Crippen LogP contribution in [0, 0.1) is 19.7 Å². The molecule has 2 N–H and O–H groups in total. The first-order valence-electron chi connectivity index (χ1n) is 10.1. The Morgan fingerprint density at radius 2 is 1.64 bits per heavy atom. The number of halogens is 1. The van der Waals surface area contributed by atoms with E-state index in [0.717, 1.165) is 41.8 Å². The number of rotatable bonds is 4. The maximum absolute atomic E-state index is 13.1. The number of urea groups is 1. The highest BCUT2D eigenvalue weighted by molar-refractivity contribution is 5.89. The molecule has 2 aliphatic heterocycles. The van der Waals surface area contributed by atoms with Crippen LogP contribution in [0.5, 0.6) is 0 Å². The number of carbonyl (C=O) groups is 1.